The molecule has 1 spiro atoms. The molecular weight excluding hydrogens is 274 g/mol. The van der Waals surface area contributed by atoms with E-state index >= 15 is 0 Å². The van der Waals surface area contributed by atoms with Crippen LogP contribution in [0, 0.1) is 10.1 Å². The van der Waals surface area contributed by atoms with E-state index in [0.29, 0.717) is 18.7 Å². The minimum Gasteiger partial charge on any atom is -0.359 e. The van der Waals surface area contributed by atoms with Crippen molar-refractivity contribution in [2.75, 3.05) is 26.2 Å². The van der Waals surface area contributed by atoms with E-state index in [1.54, 1.807) is 4.90 Å². The first-order chi connectivity index (χ1) is 10.1. The van der Waals surface area contributed by atoms with Crippen molar-refractivity contribution in [3.63, 3.8) is 0 Å². The quantitative estimate of drug-likeness (QED) is 0.652. The molecule has 2 aliphatic rings. The zero-order chi connectivity index (χ0) is 14.9. The van der Waals surface area contributed by atoms with E-state index in [9.17, 15) is 14.9 Å². The van der Waals surface area contributed by atoms with Gasteiger partial charge >= 0.3 is 0 Å². The number of rotatable bonds is 2. The fraction of sp³-hybridized carbons (Fsp3) is 0.500. The molecule has 1 aromatic carbocycles. The van der Waals surface area contributed by atoms with Gasteiger partial charge in [0.2, 0.25) is 0 Å². The molecule has 0 saturated carbocycles. The lowest BCUT2D eigenvalue weighted by atomic mass is 10.00. The van der Waals surface area contributed by atoms with E-state index in [1.165, 1.54) is 24.3 Å². The topological polar surface area (TPSA) is 84.7 Å². The predicted molar refractivity (Wildman–Crippen MR) is 74.9 cm³/mol. The number of hydrogen-bond donors (Lipinski definition) is 1. The molecule has 7 nitrogen and oxygen atoms in total. The number of hydrogen-bond acceptors (Lipinski definition) is 5. The predicted octanol–water partition coefficient (Wildman–Crippen LogP) is 1.15. The van der Waals surface area contributed by atoms with Gasteiger partial charge in [0.05, 0.1) is 11.5 Å². The van der Waals surface area contributed by atoms with Gasteiger partial charge in [-0.25, -0.2) is 0 Å². The summed E-state index contributed by atoms with van der Waals surface area (Å²) < 4.78 is 5.73. The smallest absolute Gasteiger partial charge is 0.269 e. The number of carbonyl (C=O) groups excluding carboxylic acids is 1. The van der Waals surface area contributed by atoms with Crippen LogP contribution in [0.15, 0.2) is 24.3 Å². The van der Waals surface area contributed by atoms with Crippen LogP contribution in [0.4, 0.5) is 5.69 Å². The average molecular weight is 291 g/mol. The number of likely N-dealkylation sites (tertiary alicyclic amines) is 1. The van der Waals surface area contributed by atoms with Gasteiger partial charge in [0.1, 0.15) is 5.72 Å². The number of non-ortho nitro benzene ring substituents is 1. The van der Waals surface area contributed by atoms with Crippen molar-refractivity contribution >= 4 is 11.6 Å². The largest absolute Gasteiger partial charge is 0.359 e. The number of nitrogens with zero attached hydrogens (tertiary/aromatic N) is 2. The average Bonchev–Trinajstić information content (AvgIpc) is 2.96. The Kier molecular flexibility index (Phi) is 3.60. The van der Waals surface area contributed by atoms with Gasteiger partial charge in [-0.2, -0.15) is 0 Å². The summed E-state index contributed by atoms with van der Waals surface area (Å²) in [5.74, 6) is -0.0854. The number of carbonyl (C=O) groups is 1. The van der Waals surface area contributed by atoms with Crippen LogP contribution in [0.3, 0.4) is 0 Å². The van der Waals surface area contributed by atoms with Crippen LogP contribution in [-0.4, -0.2) is 47.7 Å². The highest BCUT2D eigenvalue weighted by Gasteiger charge is 2.39. The minimum absolute atomic E-state index is 0.00676. The SMILES string of the molecule is O=C(c1ccc([N+](=O)[O-])cc1)N1CCC2(CC1)NCCO2. The fourth-order valence-electron chi connectivity index (χ4n) is 2.88. The number of benzene rings is 1. The van der Waals surface area contributed by atoms with Gasteiger partial charge in [-0.05, 0) is 12.1 Å². The lowest BCUT2D eigenvalue weighted by Gasteiger charge is -2.38. The molecule has 2 saturated heterocycles. The first kappa shape index (κ1) is 14.0. The van der Waals surface area contributed by atoms with Gasteiger partial charge in [-0.15, -0.1) is 0 Å². The van der Waals surface area contributed by atoms with E-state index in [4.69, 9.17) is 4.74 Å². The molecule has 7 heteroatoms. The molecule has 0 aliphatic carbocycles. The van der Waals surface area contributed by atoms with Crippen LogP contribution in [0.1, 0.15) is 23.2 Å². The van der Waals surface area contributed by atoms with Crippen molar-refractivity contribution in [2.24, 2.45) is 0 Å². The molecule has 2 aliphatic heterocycles. The van der Waals surface area contributed by atoms with Crippen molar-refractivity contribution in [2.45, 2.75) is 18.6 Å². The third-order valence-electron chi connectivity index (χ3n) is 4.11. The van der Waals surface area contributed by atoms with Crippen molar-refractivity contribution in [1.82, 2.24) is 10.2 Å². The fourth-order valence-corrected chi connectivity index (χ4v) is 2.88. The van der Waals surface area contributed by atoms with E-state index in [0.717, 1.165) is 26.0 Å². The van der Waals surface area contributed by atoms with E-state index in [1.807, 2.05) is 0 Å². The zero-order valence-corrected chi connectivity index (χ0v) is 11.6. The van der Waals surface area contributed by atoms with Crippen LogP contribution in [-0.2, 0) is 4.74 Å². The Labute approximate surface area is 122 Å². The van der Waals surface area contributed by atoms with Crippen molar-refractivity contribution < 1.29 is 14.5 Å². The summed E-state index contributed by atoms with van der Waals surface area (Å²) >= 11 is 0. The highest BCUT2D eigenvalue weighted by molar-refractivity contribution is 5.94. The first-order valence-corrected chi connectivity index (χ1v) is 7.02. The Balaban J connectivity index is 1.64. The zero-order valence-electron chi connectivity index (χ0n) is 11.6. The van der Waals surface area contributed by atoms with Gasteiger partial charge in [-0.1, -0.05) is 0 Å². The highest BCUT2D eigenvalue weighted by Crippen LogP contribution is 2.27. The van der Waals surface area contributed by atoms with Crippen LogP contribution >= 0.6 is 0 Å². The Morgan fingerprint density at radius 2 is 1.95 bits per heavy atom. The second-order valence-corrected chi connectivity index (χ2v) is 5.37. The molecule has 1 N–H and O–H groups in total. The van der Waals surface area contributed by atoms with E-state index in [-0.39, 0.29) is 17.3 Å². The molecule has 112 valence electrons. The second kappa shape index (κ2) is 5.42. The third kappa shape index (κ3) is 2.74. The molecule has 3 rings (SSSR count). The standard InChI is InChI=1S/C14H17N3O4/c18-13(11-1-3-12(4-2-11)17(19)20)16-8-5-14(6-9-16)15-7-10-21-14/h1-4,15H,5-10H2. The number of piperidine rings is 1. The van der Waals surface area contributed by atoms with Crippen LogP contribution < -0.4 is 5.32 Å². The van der Waals surface area contributed by atoms with Crippen LogP contribution in [0.2, 0.25) is 0 Å². The molecule has 0 unspecified atom stereocenters. The number of nitro groups is 1. The normalized spacial score (nSPS) is 20.7. The monoisotopic (exact) mass is 291 g/mol. The number of amides is 1. The van der Waals surface area contributed by atoms with Crippen LogP contribution in [0.25, 0.3) is 0 Å². The van der Waals surface area contributed by atoms with E-state index < -0.39 is 4.92 Å². The molecule has 1 aromatic rings. The summed E-state index contributed by atoms with van der Waals surface area (Å²) in [5, 5.41) is 14.0. The second-order valence-electron chi connectivity index (χ2n) is 5.37. The molecule has 0 bridgehead atoms. The van der Waals surface area contributed by atoms with Crippen LogP contribution in [0.5, 0.6) is 0 Å². The van der Waals surface area contributed by atoms with Gasteiger partial charge in [0.15, 0.2) is 0 Å². The molecule has 21 heavy (non-hydrogen) atoms. The molecule has 1 amide bonds. The highest BCUT2D eigenvalue weighted by atomic mass is 16.6. The third-order valence-corrected chi connectivity index (χ3v) is 4.11. The maximum atomic E-state index is 12.4. The summed E-state index contributed by atoms with van der Waals surface area (Å²) in [6, 6.07) is 5.74. The summed E-state index contributed by atoms with van der Waals surface area (Å²) in [7, 11) is 0. The Hall–Kier alpha value is -1.99. The molecule has 2 heterocycles. The Morgan fingerprint density at radius 3 is 2.48 bits per heavy atom. The molecular formula is C14H17N3O4. The summed E-state index contributed by atoms with van der Waals surface area (Å²) in [6.45, 7) is 2.83. The van der Waals surface area contributed by atoms with Crippen molar-refractivity contribution in [3.8, 4) is 0 Å². The lowest BCUT2D eigenvalue weighted by molar-refractivity contribution is -0.384. The molecule has 0 atom stereocenters. The summed E-state index contributed by atoms with van der Waals surface area (Å²) in [6.07, 6.45) is 1.54. The molecule has 0 aromatic heterocycles. The van der Waals surface area contributed by atoms with E-state index in [2.05, 4.69) is 5.32 Å². The minimum atomic E-state index is -0.470. The lowest BCUT2D eigenvalue weighted by Crippen LogP contribution is -2.52. The maximum Gasteiger partial charge on any atom is 0.269 e. The summed E-state index contributed by atoms with van der Waals surface area (Å²) in [4.78, 5) is 24.3. The number of nitro benzene ring substituents is 1. The van der Waals surface area contributed by atoms with Gasteiger partial charge in [0.25, 0.3) is 11.6 Å². The summed E-state index contributed by atoms with van der Waals surface area (Å²) in [5.41, 5.74) is 0.219. The maximum absolute atomic E-state index is 12.4. The van der Waals surface area contributed by atoms with Gasteiger partial charge < -0.3 is 9.64 Å². The van der Waals surface area contributed by atoms with Crippen molar-refractivity contribution in [1.29, 1.82) is 0 Å². The van der Waals surface area contributed by atoms with Gasteiger partial charge in [-0.3, -0.25) is 20.2 Å². The Morgan fingerprint density at radius 1 is 1.29 bits per heavy atom. The number of ether oxygens (including phenoxy) is 1. The van der Waals surface area contributed by atoms with Crippen molar-refractivity contribution in [3.05, 3.63) is 39.9 Å². The van der Waals surface area contributed by atoms with Gasteiger partial charge in [0, 0.05) is 50.2 Å². The molecule has 0 radical (unpaired) electrons. The first-order valence-electron chi connectivity index (χ1n) is 7.02. The molecule has 2 fully saturated rings. The number of nitrogens with one attached hydrogen (secondary N) is 1. The Bertz CT molecular complexity index is 542.